The lowest BCUT2D eigenvalue weighted by Crippen LogP contribution is -2.33. The first-order valence-corrected chi connectivity index (χ1v) is 6.88. The lowest BCUT2D eigenvalue weighted by atomic mass is 10.1. The van der Waals surface area contributed by atoms with Crippen LogP contribution in [-0.2, 0) is 11.3 Å². The number of alkyl carbamates (subject to hydrolysis) is 1. The van der Waals surface area contributed by atoms with Gasteiger partial charge < -0.3 is 20.3 Å². The first kappa shape index (κ1) is 16.5. The Hall–Kier alpha value is -1.59. The molecule has 0 aliphatic carbocycles. The van der Waals surface area contributed by atoms with Crippen LogP contribution in [-0.4, -0.2) is 35.1 Å². The molecule has 20 heavy (non-hydrogen) atoms. The number of nitrogens with one attached hydrogen (secondary N) is 1. The number of hydrogen-bond acceptors (Lipinski definition) is 4. The van der Waals surface area contributed by atoms with E-state index < -0.39 is 12.2 Å². The average molecular weight is 281 g/mol. The predicted octanol–water partition coefficient (Wildman–Crippen LogP) is 1.82. The minimum absolute atomic E-state index is 0.0239. The molecule has 0 bridgehead atoms. The first-order chi connectivity index (χ1) is 9.61. The summed E-state index contributed by atoms with van der Waals surface area (Å²) >= 11 is 0. The normalized spacial score (nSPS) is 13.6. The third-order valence-corrected chi connectivity index (χ3v) is 2.96. The molecule has 1 rings (SSSR count). The molecule has 1 aromatic rings. The Kier molecular flexibility index (Phi) is 7.69. The van der Waals surface area contributed by atoms with Gasteiger partial charge in [0.15, 0.2) is 0 Å². The standard InChI is InChI=1S/C15H23NO4/c1-12(6-5-9-14(18)10-17)16-15(19)20-11-13-7-3-2-4-8-13/h2-4,7-8,12,14,17-18H,5-6,9-11H2,1H3,(H,16,19)/t12-,14?/m0/s1. The van der Waals surface area contributed by atoms with Gasteiger partial charge in [0.1, 0.15) is 6.61 Å². The van der Waals surface area contributed by atoms with Crippen molar-refractivity contribution >= 4 is 6.09 Å². The second-order valence-electron chi connectivity index (χ2n) is 4.87. The van der Waals surface area contributed by atoms with Gasteiger partial charge in [0, 0.05) is 6.04 Å². The Morgan fingerprint density at radius 1 is 1.30 bits per heavy atom. The molecule has 1 aromatic carbocycles. The fourth-order valence-corrected chi connectivity index (χ4v) is 1.79. The molecule has 0 radical (unpaired) electrons. The van der Waals surface area contributed by atoms with Crippen molar-refractivity contribution in [3.63, 3.8) is 0 Å². The summed E-state index contributed by atoms with van der Waals surface area (Å²) in [5.74, 6) is 0. The van der Waals surface area contributed by atoms with Crippen LogP contribution in [0.3, 0.4) is 0 Å². The zero-order valence-corrected chi connectivity index (χ0v) is 11.8. The number of ether oxygens (including phenoxy) is 1. The van der Waals surface area contributed by atoms with Crippen LogP contribution in [0.1, 0.15) is 31.7 Å². The van der Waals surface area contributed by atoms with Crippen molar-refractivity contribution in [2.75, 3.05) is 6.61 Å². The zero-order valence-electron chi connectivity index (χ0n) is 11.8. The quantitative estimate of drug-likeness (QED) is 0.679. The Labute approximate surface area is 119 Å². The summed E-state index contributed by atoms with van der Waals surface area (Å²) in [5, 5.41) is 20.6. The van der Waals surface area contributed by atoms with Crippen LogP contribution in [0, 0.1) is 0 Å². The molecular weight excluding hydrogens is 258 g/mol. The summed E-state index contributed by atoms with van der Waals surface area (Å²) in [7, 11) is 0. The van der Waals surface area contributed by atoms with Gasteiger partial charge >= 0.3 is 6.09 Å². The first-order valence-electron chi connectivity index (χ1n) is 6.88. The number of amides is 1. The molecule has 5 nitrogen and oxygen atoms in total. The molecule has 0 aliphatic heterocycles. The second-order valence-corrected chi connectivity index (χ2v) is 4.87. The highest BCUT2D eigenvalue weighted by Gasteiger charge is 2.09. The van der Waals surface area contributed by atoms with Gasteiger partial charge in [-0.05, 0) is 31.7 Å². The molecule has 112 valence electrons. The monoisotopic (exact) mass is 281 g/mol. The smallest absolute Gasteiger partial charge is 0.407 e. The van der Waals surface area contributed by atoms with Crippen molar-refractivity contribution in [3.8, 4) is 0 Å². The SMILES string of the molecule is C[C@@H](CCCC(O)CO)NC(=O)OCc1ccccc1. The summed E-state index contributed by atoms with van der Waals surface area (Å²) < 4.78 is 5.11. The van der Waals surface area contributed by atoms with Gasteiger partial charge in [-0.15, -0.1) is 0 Å². The van der Waals surface area contributed by atoms with Crippen molar-refractivity contribution < 1.29 is 19.7 Å². The van der Waals surface area contributed by atoms with Crippen LogP contribution in [0.5, 0.6) is 0 Å². The minimum atomic E-state index is -0.674. The van der Waals surface area contributed by atoms with Crippen molar-refractivity contribution in [2.45, 2.75) is 44.9 Å². The molecule has 0 saturated heterocycles. The largest absolute Gasteiger partial charge is 0.445 e. The minimum Gasteiger partial charge on any atom is -0.445 e. The van der Waals surface area contributed by atoms with E-state index in [4.69, 9.17) is 9.84 Å². The van der Waals surface area contributed by atoms with E-state index in [-0.39, 0.29) is 19.3 Å². The van der Waals surface area contributed by atoms with Gasteiger partial charge in [0.05, 0.1) is 12.7 Å². The zero-order chi connectivity index (χ0) is 14.8. The Morgan fingerprint density at radius 3 is 2.65 bits per heavy atom. The molecule has 0 fully saturated rings. The topological polar surface area (TPSA) is 78.8 Å². The number of aliphatic hydroxyl groups is 2. The summed E-state index contributed by atoms with van der Waals surface area (Å²) in [6.07, 6.45) is 0.886. The number of carbonyl (C=O) groups is 1. The number of hydrogen-bond donors (Lipinski definition) is 3. The van der Waals surface area contributed by atoms with Crippen molar-refractivity contribution in [1.29, 1.82) is 0 Å². The molecule has 0 saturated carbocycles. The van der Waals surface area contributed by atoms with Crippen LogP contribution in [0.15, 0.2) is 30.3 Å². The highest BCUT2D eigenvalue weighted by atomic mass is 16.5. The number of benzene rings is 1. The molecule has 1 amide bonds. The lowest BCUT2D eigenvalue weighted by Gasteiger charge is -2.14. The van der Waals surface area contributed by atoms with E-state index in [0.29, 0.717) is 6.42 Å². The van der Waals surface area contributed by atoms with Crippen molar-refractivity contribution in [2.24, 2.45) is 0 Å². The van der Waals surface area contributed by atoms with E-state index in [1.165, 1.54) is 0 Å². The average Bonchev–Trinajstić information content (AvgIpc) is 2.46. The summed E-state index contributed by atoms with van der Waals surface area (Å²) in [6, 6.07) is 9.47. The van der Waals surface area contributed by atoms with Gasteiger partial charge in [-0.1, -0.05) is 30.3 Å². The van der Waals surface area contributed by atoms with Crippen molar-refractivity contribution in [3.05, 3.63) is 35.9 Å². The Balaban J connectivity index is 2.15. The third kappa shape index (κ3) is 7.11. The fraction of sp³-hybridized carbons (Fsp3) is 0.533. The highest BCUT2D eigenvalue weighted by molar-refractivity contribution is 5.67. The number of rotatable bonds is 8. The Bertz CT molecular complexity index is 383. The molecular formula is C15H23NO4. The second kappa shape index (κ2) is 9.34. The summed E-state index contributed by atoms with van der Waals surface area (Å²) in [4.78, 5) is 11.6. The Morgan fingerprint density at radius 2 is 2.00 bits per heavy atom. The van der Waals surface area contributed by atoms with Gasteiger partial charge in [-0.2, -0.15) is 0 Å². The van der Waals surface area contributed by atoms with Gasteiger partial charge in [0.25, 0.3) is 0 Å². The molecule has 2 atom stereocenters. The molecule has 0 aromatic heterocycles. The van der Waals surface area contributed by atoms with Crippen LogP contribution in [0.25, 0.3) is 0 Å². The van der Waals surface area contributed by atoms with E-state index in [1.807, 2.05) is 37.3 Å². The van der Waals surface area contributed by atoms with Crippen LogP contribution < -0.4 is 5.32 Å². The maximum absolute atomic E-state index is 11.6. The lowest BCUT2D eigenvalue weighted by molar-refractivity contribution is 0.0853. The maximum atomic E-state index is 11.6. The molecule has 0 spiro atoms. The van der Waals surface area contributed by atoms with Gasteiger partial charge in [0.2, 0.25) is 0 Å². The summed E-state index contributed by atoms with van der Waals surface area (Å²) in [5.41, 5.74) is 0.946. The summed E-state index contributed by atoms with van der Waals surface area (Å²) in [6.45, 7) is 1.92. The third-order valence-electron chi connectivity index (χ3n) is 2.96. The van der Waals surface area contributed by atoms with Gasteiger partial charge in [-0.3, -0.25) is 0 Å². The predicted molar refractivity (Wildman–Crippen MR) is 76.2 cm³/mol. The van der Waals surface area contributed by atoms with Crippen molar-refractivity contribution in [1.82, 2.24) is 5.32 Å². The molecule has 0 aliphatic rings. The van der Waals surface area contributed by atoms with E-state index in [1.54, 1.807) is 0 Å². The number of aliphatic hydroxyl groups excluding tert-OH is 2. The van der Waals surface area contributed by atoms with E-state index in [9.17, 15) is 9.90 Å². The maximum Gasteiger partial charge on any atom is 0.407 e. The molecule has 5 heteroatoms. The number of carbonyl (C=O) groups excluding carboxylic acids is 1. The van der Waals surface area contributed by atoms with E-state index >= 15 is 0 Å². The van der Waals surface area contributed by atoms with E-state index in [0.717, 1.165) is 18.4 Å². The molecule has 0 heterocycles. The van der Waals surface area contributed by atoms with Gasteiger partial charge in [-0.25, -0.2) is 4.79 Å². The van der Waals surface area contributed by atoms with Crippen LogP contribution >= 0.6 is 0 Å². The molecule has 1 unspecified atom stereocenters. The highest BCUT2D eigenvalue weighted by Crippen LogP contribution is 2.05. The van der Waals surface area contributed by atoms with E-state index in [2.05, 4.69) is 5.32 Å². The van der Waals surface area contributed by atoms with Crippen LogP contribution in [0.4, 0.5) is 4.79 Å². The van der Waals surface area contributed by atoms with Crippen LogP contribution in [0.2, 0.25) is 0 Å². The fourth-order valence-electron chi connectivity index (χ4n) is 1.79. The molecule has 3 N–H and O–H groups in total.